The zero-order chi connectivity index (χ0) is 21.5. The van der Waals surface area contributed by atoms with E-state index < -0.39 is 0 Å². The molecule has 154 valence electrons. The van der Waals surface area contributed by atoms with E-state index in [1.807, 2.05) is 77.7 Å². The highest BCUT2D eigenvalue weighted by Crippen LogP contribution is 2.45. The summed E-state index contributed by atoms with van der Waals surface area (Å²) < 4.78 is 7.20. The van der Waals surface area contributed by atoms with Crippen molar-refractivity contribution in [2.24, 2.45) is 0 Å². The largest absolute Gasteiger partial charge is 0.497 e. The number of anilines is 1. The first-order chi connectivity index (χ1) is 15.1. The molecule has 1 aliphatic heterocycles. The van der Waals surface area contributed by atoms with E-state index in [9.17, 15) is 4.79 Å². The number of halogens is 2. The summed E-state index contributed by atoms with van der Waals surface area (Å²) in [4.78, 5) is 15.3. The molecule has 2 heterocycles. The first kappa shape index (κ1) is 20.0. The van der Waals surface area contributed by atoms with Gasteiger partial charge in [-0.15, -0.1) is 0 Å². The summed E-state index contributed by atoms with van der Waals surface area (Å²) in [5.41, 5.74) is 4.89. The number of benzene rings is 3. The quantitative estimate of drug-likeness (QED) is 0.329. The third kappa shape index (κ3) is 3.47. The van der Waals surface area contributed by atoms with Crippen LogP contribution in [-0.2, 0) is 0 Å². The summed E-state index contributed by atoms with van der Waals surface area (Å²) in [5, 5.41) is 7.52. The topological polar surface area (TPSA) is 58.2 Å². The van der Waals surface area contributed by atoms with Crippen LogP contribution in [-0.4, -0.2) is 23.2 Å². The van der Waals surface area contributed by atoms with Gasteiger partial charge in [0.25, 0.3) is 5.91 Å². The van der Waals surface area contributed by atoms with Crippen LogP contribution in [0, 0.1) is 0 Å². The number of fused-ring (bicyclic) bond motifs is 1. The highest BCUT2D eigenvalue weighted by Gasteiger charge is 2.43. The van der Waals surface area contributed by atoms with Crippen molar-refractivity contribution < 1.29 is 9.53 Å². The van der Waals surface area contributed by atoms with E-state index in [2.05, 4.69) is 42.1 Å². The van der Waals surface area contributed by atoms with Crippen molar-refractivity contribution in [2.75, 3.05) is 12.0 Å². The van der Waals surface area contributed by atoms with Crippen LogP contribution < -0.4 is 9.64 Å². The van der Waals surface area contributed by atoms with Gasteiger partial charge in [-0.3, -0.25) is 14.8 Å². The molecule has 0 spiro atoms. The van der Waals surface area contributed by atoms with Crippen LogP contribution in [0.25, 0.3) is 11.3 Å². The Hall–Kier alpha value is -2.90. The molecule has 0 saturated heterocycles. The normalized spacial score (nSPS) is 15.3. The molecule has 1 aromatic heterocycles. The third-order valence-electron chi connectivity index (χ3n) is 5.40. The lowest BCUT2D eigenvalue weighted by Gasteiger charge is -2.26. The fourth-order valence-corrected chi connectivity index (χ4v) is 4.66. The molecule has 1 atom stereocenters. The smallest absolute Gasteiger partial charge is 0.277 e. The zero-order valence-corrected chi connectivity index (χ0v) is 19.6. The zero-order valence-electron chi connectivity index (χ0n) is 16.5. The van der Waals surface area contributed by atoms with E-state index in [0.29, 0.717) is 5.69 Å². The maximum Gasteiger partial charge on any atom is 0.277 e. The number of H-pyrrole nitrogens is 1. The van der Waals surface area contributed by atoms with E-state index in [4.69, 9.17) is 4.74 Å². The molecule has 3 aromatic carbocycles. The lowest BCUT2D eigenvalue weighted by Crippen LogP contribution is -2.29. The molecule has 1 N–H and O–H groups in total. The Morgan fingerprint density at radius 1 is 0.968 bits per heavy atom. The number of ether oxygens (including phenoxy) is 1. The van der Waals surface area contributed by atoms with Gasteiger partial charge >= 0.3 is 0 Å². The number of amides is 1. The number of carbonyl (C=O) groups is 1. The predicted molar refractivity (Wildman–Crippen MR) is 128 cm³/mol. The minimum absolute atomic E-state index is 0.102. The van der Waals surface area contributed by atoms with Gasteiger partial charge in [0.05, 0.1) is 18.8 Å². The van der Waals surface area contributed by atoms with Gasteiger partial charge in [-0.2, -0.15) is 5.10 Å². The van der Waals surface area contributed by atoms with E-state index in [1.54, 1.807) is 7.11 Å². The number of hydrogen-bond acceptors (Lipinski definition) is 3. The third-order valence-corrected chi connectivity index (χ3v) is 6.42. The lowest BCUT2D eigenvalue weighted by atomic mass is 9.96. The second-order valence-electron chi connectivity index (χ2n) is 7.20. The monoisotopic (exact) mass is 537 g/mol. The van der Waals surface area contributed by atoms with Crippen LogP contribution >= 0.6 is 31.9 Å². The van der Waals surface area contributed by atoms with Crippen molar-refractivity contribution in [3.63, 3.8) is 0 Å². The van der Waals surface area contributed by atoms with E-state index in [-0.39, 0.29) is 11.9 Å². The molecule has 5 rings (SSSR count). The molecule has 0 unspecified atom stereocenters. The minimum atomic E-state index is -0.308. The van der Waals surface area contributed by atoms with Crippen LogP contribution in [0.2, 0.25) is 0 Å². The Bertz CT molecular complexity index is 1270. The maximum absolute atomic E-state index is 13.5. The van der Waals surface area contributed by atoms with Gasteiger partial charge in [0.1, 0.15) is 11.4 Å². The average molecular weight is 539 g/mol. The number of aromatic nitrogens is 2. The molecule has 1 amide bonds. The molecular formula is C24H17Br2N3O2. The number of nitrogens with one attached hydrogen (secondary N) is 1. The fraction of sp³-hybridized carbons (Fsp3) is 0.0833. The van der Waals surface area contributed by atoms with Gasteiger partial charge in [-0.25, -0.2) is 0 Å². The van der Waals surface area contributed by atoms with Gasteiger partial charge < -0.3 is 4.74 Å². The molecule has 0 aliphatic carbocycles. The fourth-order valence-electron chi connectivity index (χ4n) is 3.98. The number of nitrogens with zero attached hydrogens (tertiary/aromatic N) is 2. The van der Waals surface area contributed by atoms with Crippen molar-refractivity contribution in [2.45, 2.75) is 6.04 Å². The highest BCUT2D eigenvalue weighted by molar-refractivity contribution is 9.10. The number of carbonyl (C=O) groups excluding carboxylic acids is 1. The van der Waals surface area contributed by atoms with Gasteiger partial charge in [0.15, 0.2) is 0 Å². The molecule has 0 saturated carbocycles. The van der Waals surface area contributed by atoms with Crippen LogP contribution in [0.5, 0.6) is 5.75 Å². The first-order valence-corrected chi connectivity index (χ1v) is 11.2. The molecule has 0 bridgehead atoms. The predicted octanol–water partition coefficient (Wildman–Crippen LogP) is 6.36. The molecule has 5 nitrogen and oxygen atoms in total. The van der Waals surface area contributed by atoms with Crippen LogP contribution in [0.3, 0.4) is 0 Å². The van der Waals surface area contributed by atoms with Crippen molar-refractivity contribution in [3.05, 3.63) is 98.6 Å². The Kier molecular flexibility index (Phi) is 5.16. The Morgan fingerprint density at radius 2 is 1.71 bits per heavy atom. The minimum Gasteiger partial charge on any atom is -0.497 e. The first-order valence-electron chi connectivity index (χ1n) is 9.64. The molecule has 0 radical (unpaired) electrons. The van der Waals surface area contributed by atoms with Crippen LogP contribution in [0.4, 0.5) is 5.69 Å². The van der Waals surface area contributed by atoms with Crippen molar-refractivity contribution >= 4 is 43.5 Å². The molecule has 0 fully saturated rings. The second-order valence-corrected chi connectivity index (χ2v) is 9.03. The molecular weight excluding hydrogens is 522 g/mol. The van der Waals surface area contributed by atoms with Gasteiger partial charge in [0, 0.05) is 25.8 Å². The summed E-state index contributed by atoms with van der Waals surface area (Å²) in [6, 6.07) is 23.2. The average Bonchev–Trinajstić information content (AvgIpc) is 3.33. The van der Waals surface area contributed by atoms with E-state index >= 15 is 0 Å². The number of hydrogen-bond donors (Lipinski definition) is 1. The lowest BCUT2D eigenvalue weighted by molar-refractivity contribution is 0.0989. The van der Waals surface area contributed by atoms with Crippen molar-refractivity contribution in [1.82, 2.24) is 10.2 Å². The second kappa shape index (κ2) is 7.98. The van der Waals surface area contributed by atoms with Crippen LogP contribution in [0.1, 0.15) is 27.7 Å². The van der Waals surface area contributed by atoms with E-state index in [1.165, 1.54) is 0 Å². The van der Waals surface area contributed by atoms with Crippen molar-refractivity contribution in [3.8, 4) is 17.0 Å². The summed E-state index contributed by atoms with van der Waals surface area (Å²) in [6.45, 7) is 0. The Morgan fingerprint density at radius 3 is 2.39 bits per heavy atom. The highest BCUT2D eigenvalue weighted by atomic mass is 79.9. The number of aromatic amines is 1. The Labute approximate surface area is 196 Å². The molecule has 7 heteroatoms. The van der Waals surface area contributed by atoms with Gasteiger partial charge in [0.2, 0.25) is 0 Å². The maximum atomic E-state index is 13.5. The number of rotatable bonds is 4. The standard InChI is InChI=1S/C24H17Br2N3O2/c1-31-19-11-5-14(6-12-19)21-20-22(28-27-21)24(30)29(18-9-7-16(25)8-10-18)23(20)15-3-2-4-17(26)13-15/h2-13,23H,1H3,(H,27,28)/t23-/m1/s1. The van der Waals surface area contributed by atoms with Crippen LogP contribution in [0.15, 0.2) is 81.7 Å². The summed E-state index contributed by atoms with van der Waals surface area (Å²) >= 11 is 7.05. The summed E-state index contributed by atoms with van der Waals surface area (Å²) in [5.74, 6) is 0.668. The summed E-state index contributed by atoms with van der Waals surface area (Å²) in [7, 11) is 1.64. The number of methoxy groups -OCH3 is 1. The van der Waals surface area contributed by atoms with Gasteiger partial charge in [-0.1, -0.05) is 44.0 Å². The summed E-state index contributed by atoms with van der Waals surface area (Å²) in [6.07, 6.45) is 0. The van der Waals surface area contributed by atoms with Gasteiger partial charge in [-0.05, 0) is 66.2 Å². The molecule has 1 aliphatic rings. The Balaban J connectivity index is 1.70. The SMILES string of the molecule is COc1ccc(-c2n[nH]c3c2[C@@H](c2cccc(Br)c2)N(c2ccc(Br)cc2)C3=O)cc1. The van der Waals surface area contributed by atoms with E-state index in [0.717, 1.165) is 42.8 Å². The van der Waals surface area contributed by atoms with Crippen molar-refractivity contribution in [1.29, 1.82) is 0 Å². The molecule has 31 heavy (non-hydrogen) atoms. The molecule has 4 aromatic rings.